The Morgan fingerprint density at radius 2 is 1.95 bits per heavy atom. The first-order valence-electron chi connectivity index (χ1n) is 6.60. The Balaban J connectivity index is 2.22. The van der Waals surface area contributed by atoms with Gasteiger partial charge in [0, 0.05) is 32.5 Å². The van der Waals surface area contributed by atoms with Gasteiger partial charge >= 0.3 is 0 Å². The van der Waals surface area contributed by atoms with Gasteiger partial charge in [0.2, 0.25) is 10.0 Å². The fraction of sp³-hybridized carbons (Fsp3) is 0.357. The van der Waals surface area contributed by atoms with Crippen LogP contribution in [0, 0.1) is 0 Å². The first kappa shape index (κ1) is 15.7. The van der Waals surface area contributed by atoms with Crippen LogP contribution in [0.2, 0.25) is 0 Å². The molecule has 0 aliphatic rings. The maximum absolute atomic E-state index is 12.5. The summed E-state index contributed by atoms with van der Waals surface area (Å²) in [5.74, 6) is 0.688. The van der Waals surface area contributed by atoms with Gasteiger partial charge in [-0.25, -0.2) is 13.4 Å². The number of sulfonamides is 1. The summed E-state index contributed by atoms with van der Waals surface area (Å²) < 4.78 is 28.1. The molecule has 2 aromatic rings. The molecule has 0 bridgehead atoms. The lowest BCUT2D eigenvalue weighted by molar-refractivity contribution is 0.451. The molecule has 114 valence electrons. The fourth-order valence-corrected chi connectivity index (χ4v) is 3.08. The number of aryl methyl sites for hydroxylation is 1. The van der Waals surface area contributed by atoms with Crippen molar-refractivity contribution in [2.75, 3.05) is 7.05 Å². The highest BCUT2D eigenvalue weighted by molar-refractivity contribution is 7.89. The van der Waals surface area contributed by atoms with Crippen LogP contribution in [0.4, 0.5) is 0 Å². The Hall–Kier alpha value is -1.70. The molecule has 0 aliphatic carbocycles. The molecule has 1 atom stereocenters. The van der Waals surface area contributed by atoms with Crippen molar-refractivity contribution in [3.63, 3.8) is 0 Å². The number of nitrogens with two attached hydrogens (primary N) is 1. The number of imidazole rings is 1. The van der Waals surface area contributed by atoms with E-state index in [1.807, 2.05) is 14.0 Å². The van der Waals surface area contributed by atoms with E-state index in [2.05, 4.69) is 4.98 Å². The van der Waals surface area contributed by atoms with E-state index in [1.54, 1.807) is 48.3 Å². The third-order valence-electron chi connectivity index (χ3n) is 3.40. The van der Waals surface area contributed by atoms with Crippen molar-refractivity contribution in [2.45, 2.75) is 24.4 Å². The number of benzene rings is 1. The molecular weight excluding hydrogens is 288 g/mol. The van der Waals surface area contributed by atoms with Crippen LogP contribution in [0.3, 0.4) is 0 Å². The SMILES string of the molecule is CC(N)c1ccc(S(=O)(=O)N(C)Cc2nccn2C)cc1. The predicted octanol–water partition coefficient (Wildman–Crippen LogP) is 1.26. The minimum atomic E-state index is -3.54. The zero-order valence-corrected chi connectivity index (χ0v) is 13.2. The first-order valence-corrected chi connectivity index (χ1v) is 8.04. The van der Waals surface area contributed by atoms with Crippen LogP contribution in [0.15, 0.2) is 41.6 Å². The number of aromatic nitrogens is 2. The summed E-state index contributed by atoms with van der Waals surface area (Å²) in [7, 11) is -0.156. The monoisotopic (exact) mass is 308 g/mol. The molecule has 0 saturated carbocycles. The highest BCUT2D eigenvalue weighted by atomic mass is 32.2. The summed E-state index contributed by atoms with van der Waals surface area (Å²) in [6, 6.07) is 6.54. The molecule has 1 aromatic carbocycles. The van der Waals surface area contributed by atoms with Gasteiger partial charge in [-0.3, -0.25) is 0 Å². The largest absolute Gasteiger partial charge is 0.337 e. The van der Waals surface area contributed by atoms with E-state index in [4.69, 9.17) is 5.73 Å². The number of nitrogens with zero attached hydrogens (tertiary/aromatic N) is 3. The lowest BCUT2D eigenvalue weighted by Crippen LogP contribution is -2.27. The van der Waals surface area contributed by atoms with E-state index in [-0.39, 0.29) is 17.5 Å². The molecule has 0 spiro atoms. The number of rotatable bonds is 5. The van der Waals surface area contributed by atoms with Gasteiger partial charge in [0.15, 0.2) is 0 Å². The zero-order valence-electron chi connectivity index (χ0n) is 12.4. The third-order valence-corrected chi connectivity index (χ3v) is 5.22. The second kappa shape index (κ2) is 5.97. The average molecular weight is 308 g/mol. The van der Waals surface area contributed by atoms with Gasteiger partial charge in [-0.2, -0.15) is 4.31 Å². The van der Waals surface area contributed by atoms with Crippen molar-refractivity contribution in [3.05, 3.63) is 48.0 Å². The van der Waals surface area contributed by atoms with E-state index in [0.717, 1.165) is 5.56 Å². The molecule has 0 amide bonds. The number of hydrogen-bond donors (Lipinski definition) is 1. The van der Waals surface area contributed by atoms with Crippen molar-refractivity contribution in [2.24, 2.45) is 12.8 Å². The van der Waals surface area contributed by atoms with Gasteiger partial charge in [-0.15, -0.1) is 0 Å². The number of hydrogen-bond acceptors (Lipinski definition) is 4. The second-order valence-corrected chi connectivity index (χ2v) is 7.12. The van der Waals surface area contributed by atoms with E-state index < -0.39 is 10.0 Å². The Bertz CT molecular complexity index is 705. The van der Waals surface area contributed by atoms with Crippen LogP contribution in [-0.4, -0.2) is 29.3 Å². The summed E-state index contributed by atoms with van der Waals surface area (Å²) in [4.78, 5) is 4.39. The topological polar surface area (TPSA) is 81.2 Å². The molecule has 7 heteroatoms. The van der Waals surface area contributed by atoms with E-state index in [0.29, 0.717) is 5.82 Å². The van der Waals surface area contributed by atoms with E-state index >= 15 is 0 Å². The Labute approximate surface area is 125 Å². The standard InChI is InChI=1S/C14H20N4O2S/c1-11(15)12-4-6-13(7-5-12)21(19,20)18(3)10-14-16-8-9-17(14)2/h4-9,11H,10,15H2,1-3H3. The lowest BCUT2D eigenvalue weighted by atomic mass is 10.1. The molecule has 0 fully saturated rings. The summed E-state index contributed by atoms with van der Waals surface area (Å²) in [6.07, 6.45) is 3.43. The van der Waals surface area contributed by atoms with Gasteiger partial charge < -0.3 is 10.3 Å². The van der Waals surface area contributed by atoms with Crippen molar-refractivity contribution in [1.82, 2.24) is 13.9 Å². The summed E-state index contributed by atoms with van der Waals surface area (Å²) in [5.41, 5.74) is 6.67. The van der Waals surface area contributed by atoms with Crippen molar-refractivity contribution < 1.29 is 8.42 Å². The van der Waals surface area contributed by atoms with Crippen LogP contribution >= 0.6 is 0 Å². The quantitative estimate of drug-likeness (QED) is 0.901. The molecule has 0 radical (unpaired) electrons. The zero-order chi connectivity index (χ0) is 15.6. The lowest BCUT2D eigenvalue weighted by Gasteiger charge is -2.17. The molecule has 21 heavy (non-hydrogen) atoms. The molecule has 0 aliphatic heterocycles. The van der Waals surface area contributed by atoms with Crippen LogP contribution in [0.5, 0.6) is 0 Å². The van der Waals surface area contributed by atoms with E-state index in [9.17, 15) is 8.42 Å². The second-order valence-electron chi connectivity index (χ2n) is 5.07. The fourth-order valence-electron chi connectivity index (χ4n) is 1.96. The van der Waals surface area contributed by atoms with Gasteiger partial charge in [-0.1, -0.05) is 12.1 Å². The average Bonchev–Trinajstić information content (AvgIpc) is 2.84. The van der Waals surface area contributed by atoms with Gasteiger partial charge in [-0.05, 0) is 24.6 Å². The molecule has 1 aromatic heterocycles. The third kappa shape index (κ3) is 3.31. The van der Waals surface area contributed by atoms with Crippen LogP contribution in [-0.2, 0) is 23.6 Å². The minimum absolute atomic E-state index is 0.118. The van der Waals surface area contributed by atoms with Crippen LogP contribution in [0.25, 0.3) is 0 Å². The highest BCUT2D eigenvalue weighted by Gasteiger charge is 2.22. The normalized spacial score (nSPS) is 13.6. The summed E-state index contributed by atoms with van der Waals surface area (Å²) in [6.45, 7) is 2.08. The van der Waals surface area contributed by atoms with Crippen molar-refractivity contribution in [3.8, 4) is 0 Å². The van der Waals surface area contributed by atoms with Gasteiger partial charge in [0.1, 0.15) is 5.82 Å². The Morgan fingerprint density at radius 3 is 2.43 bits per heavy atom. The molecule has 1 heterocycles. The predicted molar refractivity (Wildman–Crippen MR) is 80.9 cm³/mol. The summed E-state index contributed by atoms with van der Waals surface area (Å²) >= 11 is 0. The maximum Gasteiger partial charge on any atom is 0.243 e. The van der Waals surface area contributed by atoms with Gasteiger partial charge in [0.25, 0.3) is 0 Å². The molecule has 6 nitrogen and oxygen atoms in total. The molecule has 1 unspecified atom stereocenters. The van der Waals surface area contributed by atoms with Crippen LogP contribution < -0.4 is 5.73 Å². The molecular formula is C14H20N4O2S. The molecule has 2 N–H and O–H groups in total. The Kier molecular flexibility index (Phi) is 4.46. The Morgan fingerprint density at radius 1 is 1.33 bits per heavy atom. The van der Waals surface area contributed by atoms with E-state index in [1.165, 1.54) is 4.31 Å². The minimum Gasteiger partial charge on any atom is -0.337 e. The van der Waals surface area contributed by atoms with Crippen LogP contribution in [0.1, 0.15) is 24.4 Å². The smallest absolute Gasteiger partial charge is 0.243 e. The molecule has 2 rings (SSSR count). The maximum atomic E-state index is 12.5. The van der Waals surface area contributed by atoms with Crippen molar-refractivity contribution in [1.29, 1.82) is 0 Å². The first-order chi connectivity index (χ1) is 9.82. The summed E-state index contributed by atoms with van der Waals surface area (Å²) in [5, 5.41) is 0. The highest BCUT2D eigenvalue weighted by Crippen LogP contribution is 2.18. The molecule has 0 saturated heterocycles. The van der Waals surface area contributed by atoms with Crippen molar-refractivity contribution >= 4 is 10.0 Å². The van der Waals surface area contributed by atoms with Gasteiger partial charge in [0.05, 0.1) is 11.4 Å².